The lowest BCUT2D eigenvalue weighted by Gasteiger charge is -2.24. The lowest BCUT2D eigenvalue weighted by Crippen LogP contribution is -2.30. The molecule has 2 unspecified atom stereocenters. The molecule has 0 aromatic carbocycles. The zero-order chi connectivity index (χ0) is 11.8. The van der Waals surface area contributed by atoms with E-state index in [0.29, 0.717) is 13.0 Å². The van der Waals surface area contributed by atoms with Gasteiger partial charge in [-0.05, 0) is 18.8 Å². The highest BCUT2D eigenvalue weighted by atomic mass is 16.5. The summed E-state index contributed by atoms with van der Waals surface area (Å²) in [5.74, 6) is 0.109. The summed E-state index contributed by atoms with van der Waals surface area (Å²) < 4.78 is 5.11. The third-order valence-electron chi connectivity index (χ3n) is 2.60. The van der Waals surface area contributed by atoms with E-state index in [1.165, 1.54) is 0 Å². The quantitative estimate of drug-likeness (QED) is 0.665. The smallest absolute Gasteiger partial charge is 0.305 e. The van der Waals surface area contributed by atoms with Crippen LogP contribution in [-0.2, 0) is 9.53 Å². The third-order valence-corrected chi connectivity index (χ3v) is 2.60. The number of ether oxygens (including phenoxy) is 1. The molecule has 0 fully saturated rings. The molecule has 15 heavy (non-hydrogen) atoms. The van der Waals surface area contributed by atoms with Crippen molar-refractivity contribution in [2.75, 3.05) is 6.61 Å². The Hall–Kier alpha value is -0.570. The topological polar surface area (TPSA) is 46.5 Å². The van der Waals surface area contributed by atoms with Crippen LogP contribution in [0.4, 0.5) is 0 Å². The first-order chi connectivity index (χ1) is 7.02. The molecule has 0 aliphatic heterocycles. The van der Waals surface area contributed by atoms with E-state index in [2.05, 4.69) is 0 Å². The largest absolute Gasteiger partial charge is 0.465 e. The van der Waals surface area contributed by atoms with E-state index in [1.54, 1.807) is 0 Å². The van der Waals surface area contributed by atoms with Gasteiger partial charge in [0.15, 0.2) is 0 Å². The van der Waals surface area contributed by atoms with Gasteiger partial charge in [-0.2, -0.15) is 0 Å². The molecule has 3 heteroatoms. The summed E-state index contributed by atoms with van der Waals surface area (Å²) in [7, 11) is 0. The Morgan fingerprint density at radius 1 is 1.33 bits per heavy atom. The van der Waals surface area contributed by atoms with Crippen LogP contribution in [0.3, 0.4) is 0 Å². The first-order valence-electron chi connectivity index (χ1n) is 5.86. The van der Waals surface area contributed by atoms with E-state index < -0.39 is 0 Å². The minimum atomic E-state index is -0.385. The van der Waals surface area contributed by atoms with Crippen molar-refractivity contribution in [1.29, 1.82) is 0 Å². The number of carbonyl (C=O) groups is 1. The molecular formula is C12H24O3. The number of rotatable bonds is 7. The lowest BCUT2D eigenvalue weighted by atomic mass is 9.92. The molecule has 2 atom stereocenters. The highest BCUT2D eigenvalue weighted by molar-refractivity contribution is 5.69. The number of esters is 1. The highest BCUT2D eigenvalue weighted by Gasteiger charge is 2.21. The Kier molecular flexibility index (Phi) is 7.39. The summed E-state index contributed by atoms with van der Waals surface area (Å²) >= 11 is 0. The highest BCUT2D eigenvalue weighted by Crippen LogP contribution is 2.16. The summed E-state index contributed by atoms with van der Waals surface area (Å²) in [6.07, 6.45) is 1.72. The maximum Gasteiger partial charge on any atom is 0.305 e. The second kappa shape index (κ2) is 7.69. The Labute approximate surface area is 92.8 Å². The molecule has 0 rings (SSSR count). The summed E-state index contributed by atoms with van der Waals surface area (Å²) in [6.45, 7) is 8.24. The van der Waals surface area contributed by atoms with Gasteiger partial charge in [0.2, 0.25) is 0 Å². The standard InChI is InChI=1S/C12H24O3/c1-5-7-11(13)15-8-10(6-2)12(14)9(3)4/h9-10,12,14H,5-8H2,1-4H3. The zero-order valence-electron chi connectivity index (χ0n) is 10.3. The molecule has 3 nitrogen and oxygen atoms in total. The Bertz CT molecular complexity index is 178. The lowest BCUT2D eigenvalue weighted by molar-refractivity contribution is -0.146. The molecule has 90 valence electrons. The minimum absolute atomic E-state index is 0.0609. The van der Waals surface area contributed by atoms with Gasteiger partial charge in [0.25, 0.3) is 0 Å². The fourth-order valence-corrected chi connectivity index (χ4v) is 1.48. The van der Waals surface area contributed by atoms with Crippen LogP contribution in [0, 0.1) is 11.8 Å². The predicted molar refractivity (Wildman–Crippen MR) is 60.5 cm³/mol. The number of carbonyl (C=O) groups excluding carboxylic acids is 1. The average Bonchev–Trinajstić information content (AvgIpc) is 2.18. The van der Waals surface area contributed by atoms with Crippen molar-refractivity contribution in [3.05, 3.63) is 0 Å². The Morgan fingerprint density at radius 3 is 2.33 bits per heavy atom. The summed E-state index contributed by atoms with van der Waals surface area (Å²) in [5.41, 5.74) is 0. The number of aliphatic hydroxyl groups excluding tert-OH is 1. The van der Waals surface area contributed by atoms with Gasteiger partial charge >= 0.3 is 5.97 Å². The molecule has 0 saturated carbocycles. The van der Waals surface area contributed by atoms with Gasteiger partial charge in [-0.25, -0.2) is 0 Å². The van der Waals surface area contributed by atoms with Crippen molar-refractivity contribution in [3.63, 3.8) is 0 Å². The first kappa shape index (κ1) is 14.4. The molecule has 0 aliphatic carbocycles. The molecule has 0 heterocycles. The molecule has 0 amide bonds. The predicted octanol–water partition coefficient (Wildman–Crippen LogP) is 2.37. The van der Waals surface area contributed by atoms with Gasteiger partial charge < -0.3 is 9.84 Å². The normalized spacial score (nSPS) is 15.1. The van der Waals surface area contributed by atoms with Crippen molar-refractivity contribution in [2.45, 2.75) is 53.1 Å². The van der Waals surface area contributed by atoms with Gasteiger partial charge in [0, 0.05) is 12.3 Å². The summed E-state index contributed by atoms with van der Waals surface area (Å²) in [4.78, 5) is 11.2. The zero-order valence-corrected chi connectivity index (χ0v) is 10.3. The van der Waals surface area contributed by atoms with Crippen molar-refractivity contribution in [2.24, 2.45) is 11.8 Å². The van der Waals surface area contributed by atoms with E-state index in [-0.39, 0.29) is 23.9 Å². The number of aliphatic hydroxyl groups is 1. The molecule has 0 bridgehead atoms. The van der Waals surface area contributed by atoms with Gasteiger partial charge in [0.05, 0.1) is 12.7 Å². The second-order valence-corrected chi connectivity index (χ2v) is 4.34. The fourth-order valence-electron chi connectivity index (χ4n) is 1.48. The molecule has 0 aromatic rings. The van der Waals surface area contributed by atoms with Crippen LogP contribution < -0.4 is 0 Å². The van der Waals surface area contributed by atoms with Crippen LogP contribution >= 0.6 is 0 Å². The third kappa shape index (κ3) is 5.78. The molecular weight excluding hydrogens is 192 g/mol. The maximum atomic E-state index is 11.2. The molecule has 1 N–H and O–H groups in total. The van der Waals surface area contributed by atoms with Crippen molar-refractivity contribution < 1.29 is 14.6 Å². The van der Waals surface area contributed by atoms with Crippen LogP contribution in [0.5, 0.6) is 0 Å². The molecule has 0 saturated heterocycles. The van der Waals surface area contributed by atoms with Gasteiger partial charge in [-0.15, -0.1) is 0 Å². The molecule has 0 aliphatic rings. The van der Waals surface area contributed by atoms with Crippen LogP contribution in [0.25, 0.3) is 0 Å². The van der Waals surface area contributed by atoms with Crippen LogP contribution in [0.1, 0.15) is 47.0 Å². The van der Waals surface area contributed by atoms with Crippen LogP contribution in [-0.4, -0.2) is 23.8 Å². The first-order valence-corrected chi connectivity index (χ1v) is 5.86. The summed E-state index contributed by atoms with van der Waals surface area (Å²) in [5, 5.41) is 9.84. The van der Waals surface area contributed by atoms with E-state index >= 15 is 0 Å². The van der Waals surface area contributed by atoms with Crippen molar-refractivity contribution >= 4 is 5.97 Å². The van der Waals surface area contributed by atoms with Crippen molar-refractivity contribution in [3.8, 4) is 0 Å². The second-order valence-electron chi connectivity index (χ2n) is 4.34. The van der Waals surface area contributed by atoms with Crippen molar-refractivity contribution in [1.82, 2.24) is 0 Å². The van der Waals surface area contributed by atoms with Gasteiger partial charge in [-0.1, -0.05) is 27.7 Å². The van der Waals surface area contributed by atoms with Gasteiger partial charge in [0.1, 0.15) is 0 Å². The molecule has 0 radical (unpaired) electrons. The average molecular weight is 216 g/mol. The Morgan fingerprint density at radius 2 is 1.93 bits per heavy atom. The van der Waals surface area contributed by atoms with E-state index in [9.17, 15) is 9.90 Å². The summed E-state index contributed by atoms with van der Waals surface area (Å²) in [6, 6.07) is 0. The molecule has 0 spiro atoms. The fraction of sp³-hybridized carbons (Fsp3) is 0.917. The molecule has 0 aromatic heterocycles. The number of hydrogen-bond donors (Lipinski definition) is 1. The van der Waals surface area contributed by atoms with E-state index in [0.717, 1.165) is 12.8 Å². The monoisotopic (exact) mass is 216 g/mol. The number of hydrogen-bond acceptors (Lipinski definition) is 3. The SMILES string of the molecule is CCCC(=O)OCC(CC)C(O)C(C)C. The van der Waals surface area contributed by atoms with E-state index in [1.807, 2.05) is 27.7 Å². The van der Waals surface area contributed by atoms with Gasteiger partial charge in [-0.3, -0.25) is 4.79 Å². The van der Waals surface area contributed by atoms with E-state index in [4.69, 9.17) is 4.74 Å². The van der Waals surface area contributed by atoms with Crippen LogP contribution in [0.15, 0.2) is 0 Å². The van der Waals surface area contributed by atoms with Crippen LogP contribution in [0.2, 0.25) is 0 Å². The minimum Gasteiger partial charge on any atom is -0.465 e. The maximum absolute atomic E-state index is 11.2. The Balaban J connectivity index is 3.94.